The lowest BCUT2D eigenvalue weighted by molar-refractivity contribution is 0.660. The molecular weight excluding hydrogens is 797 g/mol. The molecule has 66 heavy (non-hydrogen) atoms. The average molecular weight is 859 g/mol. The Hall–Kier alpha value is -6.90. The van der Waals surface area contributed by atoms with Crippen molar-refractivity contribution in [2.75, 3.05) is 9.80 Å². The third-order valence-electron chi connectivity index (χ3n) is 14.7. The van der Waals surface area contributed by atoms with Crippen molar-refractivity contribution in [3.63, 3.8) is 0 Å². The molecule has 0 saturated heterocycles. The summed E-state index contributed by atoms with van der Waals surface area (Å²) in [7, 11) is 0. The van der Waals surface area contributed by atoms with Crippen LogP contribution in [0, 0.1) is 55.4 Å². The summed E-state index contributed by atoms with van der Waals surface area (Å²) < 4.78 is 0. The normalized spacial score (nSPS) is 13.9. The van der Waals surface area contributed by atoms with Gasteiger partial charge in [-0.25, -0.2) is 0 Å². The number of rotatable bonds is 8. The highest BCUT2D eigenvalue weighted by Crippen LogP contribution is 2.53. The summed E-state index contributed by atoms with van der Waals surface area (Å²) in [5.41, 5.74) is 30.3. The summed E-state index contributed by atoms with van der Waals surface area (Å²) in [4.78, 5) is 4.92. The molecule has 0 unspecified atom stereocenters. The molecule has 0 saturated carbocycles. The van der Waals surface area contributed by atoms with Crippen LogP contribution in [0.3, 0.4) is 0 Å². The second kappa shape index (κ2) is 15.9. The number of fused-ring (bicyclic) bond motifs is 6. The predicted molar refractivity (Wildman–Crippen MR) is 284 cm³/mol. The van der Waals surface area contributed by atoms with E-state index >= 15 is 0 Å². The van der Waals surface area contributed by atoms with Gasteiger partial charge in [-0.3, -0.25) is 0 Å². The summed E-state index contributed by atoms with van der Waals surface area (Å²) in [5, 5.41) is 0. The van der Waals surface area contributed by atoms with Gasteiger partial charge in [0, 0.05) is 45.0 Å². The van der Waals surface area contributed by atoms with E-state index in [0.717, 1.165) is 0 Å². The van der Waals surface area contributed by atoms with Gasteiger partial charge in [0.15, 0.2) is 0 Å². The lowest BCUT2D eigenvalue weighted by Gasteiger charge is -2.30. The van der Waals surface area contributed by atoms with E-state index in [4.69, 9.17) is 0 Å². The fourth-order valence-electron chi connectivity index (χ4n) is 11.2. The highest BCUT2D eigenvalue weighted by atomic mass is 15.2. The Balaban J connectivity index is 0.957. The molecule has 2 nitrogen and oxygen atoms in total. The first kappa shape index (κ1) is 43.0. The zero-order chi connectivity index (χ0) is 46.4. The van der Waals surface area contributed by atoms with Gasteiger partial charge in [0.1, 0.15) is 0 Å². The fourth-order valence-corrected chi connectivity index (χ4v) is 11.2. The van der Waals surface area contributed by atoms with Crippen molar-refractivity contribution >= 4 is 46.3 Å². The fraction of sp³-hybridized carbons (Fsp3) is 0.219. The summed E-state index contributed by atoms with van der Waals surface area (Å²) in [6, 6.07) is 55.5. The number of hydrogen-bond donors (Lipinski definition) is 0. The largest absolute Gasteiger partial charge is 0.310 e. The minimum absolute atomic E-state index is 0.172. The number of benzene rings is 8. The van der Waals surface area contributed by atoms with Crippen LogP contribution in [0.2, 0.25) is 0 Å². The topological polar surface area (TPSA) is 6.48 Å². The molecule has 0 spiro atoms. The van der Waals surface area contributed by atoms with E-state index in [1.807, 2.05) is 0 Å². The Labute approximate surface area is 393 Å². The number of aryl methyl sites for hydroxylation is 8. The van der Waals surface area contributed by atoms with Crippen LogP contribution in [0.1, 0.15) is 106 Å². The van der Waals surface area contributed by atoms with E-state index < -0.39 is 0 Å². The maximum absolute atomic E-state index is 2.46. The lowest BCUT2D eigenvalue weighted by Crippen LogP contribution is -2.17. The van der Waals surface area contributed by atoms with Crippen molar-refractivity contribution in [1.29, 1.82) is 0 Å². The Morgan fingerprint density at radius 1 is 0.303 bits per heavy atom. The van der Waals surface area contributed by atoms with Crippen LogP contribution in [0.5, 0.6) is 0 Å². The zero-order valence-electron chi connectivity index (χ0n) is 40.9. The van der Waals surface area contributed by atoms with Gasteiger partial charge in [0.05, 0.1) is 0 Å². The lowest BCUT2D eigenvalue weighted by atomic mass is 9.81. The Morgan fingerprint density at radius 2 is 0.576 bits per heavy atom. The summed E-state index contributed by atoms with van der Waals surface area (Å²) in [6.07, 6.45) is 4.60. The van der Waals surface area contributed by atoms with Crippen molar-refractivity contribution < 1.29 is 0 Å². The van der Waals surface area contributed by atoms with Gasteiger partial charge in [-0.15, -0.1) is 0 Å². The molecule has 2 aliphatic rings. The Kier molecular flexibility index (Phi) is 10.4. The van der Waals surface area contributed by atoms with Gasteiger partial charge < -0.3 is 9.80 Å². The molecule has 10 rings (SSSR count). The van der Waals surface area contributed by atoms with Crippen LogP contribution in [0.4, 0.5) is 34.1 Å². The van der Waals surface area contributed by atoms with Gasteiger partial charge in [-0.2, -0.15) is 0 Å². The van der Waals surface area contributed by atoms with Crippen molar-refractivity contribution in [3.8, 4) is 22.3 Å². The minimum Gasteiger partial charge on any atom is -0.310 e. The van der Waals surface area contributed by atoms with Crippen molar-refractivity contribution in [2.45, 2.75) is 93.9 Å². The first-order chi connectivity index (χ1) is 31.5. The van der Waals surface area contributed by atoms with Crippen LogP contribution in [0.15, 0.2) is 146 Å². The molecule has 2 heteroatoms. The number of hydrogen-bond acceptors (Lipinski definition) is 2. The number of nitrogens with zero attached hydrogens (tertiary/aromatic N) is 2. The molecule has 0 radical (unpaired) electrons. The molecule has 8 aromatic rings. The molecule has 0 heterocycles. The second-order valence-corrected chi connectivity index (χ2v) is 20.5. The second-order valence-electron chi connectivity index (χ2n) is 20.5. The van der Waals surface area contributed by atoms with Crippen LogP contribution in [0.25, 0.3) is 34.4 Å². The third kappa shape index (κ3) is 7.19. The van der Waals surface area contributed by atoms with E-state index in [1.165, 1.54) is 134 Å². The van der Waals surface area contributed by atoms with E-state index in [9.17, 15) is 0 Å². The van der Waals surface area contributed by atoms with Gasteiger partial charge >= 0.3 is 0 Å². The Bertz CT molecular complexity index is 2980. The number of anilines is 6. The van der Waals surface area contributed by atoms with Crippen molar-refractivity contribution in [2.24, 2.45) is 0 Å². The van der Waals surface area contributed by atoms with E-state index in [1.54, 1.807) is 0 Å². The van der Waals surface area contributed by atoms with Gasteiger partial charge in [-0.1, -0.05) is 159 Å². The van der Waals surface area contributed by atoms with Crippen LogP contribution in [-0.4, -0.2) is 0 Å². The Morgan fingerprint density at radius 3 is 0.864 bits per heavy atom. The van der Waals surface area contributed by atoms with Crippen molar-refractivity contribution in [1.82, 2.24) is 0 Å². The van der Waals surface area contributed by atoms with Crippen LogP contribution in [-0.2, 0) is 10.8 Å². The highest BCUT2D eigenvalue weighted by Gasteiger charge is 2.38. The molecule has 0 N–H and O–H groups in total. The standard InChI is InChI=1S/C64H62N2/c1-39-13-27-59(43(5)31-39)65(60-28-14-40(2)32-44(60)6)49-21-25-53-51-23-19-47(35-55(51)63(9,10)57(53)37-49)17-18-48-20-24-52-54-26-22-50(38-58(54)64(11,12)56(52)36-48)66(61-29-15-41(3)33-45(61)7)62-30-16-42(4)34-46(62)8/h13-38H,1-12H3. The average Bonchev–Trinajstić information content (AvgIpc) is 3.64. The van der Waals surface area contributed by atoms with Gasteiger partial charge in [-0.05, 0) is 182 Å². The zero-order valence-corrected chi connectivity index (χ0v) is 40.9. The maximum atomic E-state index is 2.46. The van der Waals surface area contributed by atoms with E-state index in [2.05, 4.69) is 251 Å². The molecule has 0 aromatic heterocycles. The first-order valence-electron chi connectivity index (χ1n) is 23.7. The van der Waals surface area contributed by atoms with E-state index in [-0.39, 0.29) is 10.8 Å². The van der Waals surface area contributed by atoms with Crippen molar-refractivity contribution in [3.05, 3.63) is 223 Å². The van der Waals surface area contributed by atoms with Gasteiger partial charge in [0.2, 0.25) is 0 Å². The molecule has 0 fully saturated rings. The molecule has 8 aromatic carbocycles. The minimum atomic E-state index is -0.172. The summed E-state index contributed by atoms with van der Waals surface area (Å²) >= 11 is 0. The van der Waals surface area contributed by atoms with E-state index in [0.29, 0.717) is 0 Å². The predicted octanol–water partition coefficient (Wildman–Crippen LogP) is 17.9. The first-order valence-corrected chi connectivity index (χ1v) is 23.7. The van der Waals surface area contributed by atoms with Crippen LogP contribution >= 0.6 is 0 Å². The monoisotopic (exact) mass is 858 g/mol. The molecule has 2 aliphatic carbocycles. The third-order valence-corrected chi connectivity index (χ3v) is 14.7. The molecule has 0 atom stereocenters. The van der Waals surface area contributed by atoms with Crippen LogP contribution < -0.4 is 9.80 Å². The molecule has 0 amide bonds. The van der Waals surface area contributed by atoms with Gasteiger partial charge in [0.25, 0.3) is 0 Å². The SMILES string of the molecule is Cc1ccc(N(c2ccc3c(c2)C(C)(C)c2cc(C=Cc4ccc5c(c4)C(C)(C)c4cc(N(c6ccc(C)cc6C)c6ccc(C)cc6C)ccc4-5)ccc2-3)c2ccc(C)cc2C)c(C)c1. The smallest absolute Gasteiger partial charge is 0.0491 e. The molecular formula is C64H62N2. The highest BCUT2D eigenvalue weighted by molar-refractivity contribution is 5.90. The summed E-state index contributed by atoms with van der Waals surface area (Å²) in [5.74, 6) is 0. The molecule has 0 bridgehead atoms. The maximum Gasteiger partial charge on any atom is 0.0491 e. The molecule has 328 valence electrons. The molecule has 0 aliphatic heterocycles. The quantitative estimate of drug-likeness (QED) is 0.141. The summed E-state index contributed by atoms with van der Waals surface area (Å²) in [6.45, 7) is 27.2.